The maximum absolute atomic E-state index is 14.3. The second kappa shape index (κ2) is 10.2. The van der Waals surface area contributed by atoms with Crippen molar-refractivity contribution >= 4 is 11.8 Å². The molecule has 180 valence electrons. The molecule has 0 bridgehead atoms. The molecule has 0 aliphatic carbocycles. The highest BCUT2D eigenvalue weighted by atomic mass is 19.1. The van der Waals surface area contributed by atoms with Gasteiger partial charge in [-0.15, -0.1) is 0 Å². The van der Waals surface area contributed by atoms with Gasteiger partial charge in [-0.3, -0.25) is 4.99 Å². The van der Waals surface area contributed by atoms with Crippen molar-refractivity contribution < 1.29 is 19.3 Å². The van der Waals surface area contributed by atoms with Crippen LogP contribution >= 0.6 is 0 Å². The number of piperidine rings is 1. The van der Waals surface area contributed by atoms with Crippen molar-refractivity contribution in [3.8, 4) is 17.1 Å². The van der Waals surface area contributed by atoms with Crippen molar-refractivity contribution in [3.63, 3.8) is 0 Å². The molecule has 1 fully saturated rings. The molecule has 3 heterocycles. The van der Waals surface area contributed by atoms with E-state index in [2.05, 4.69) is 25.6 Å². The van der Waals surface area contributed by atoms with E-state index in [1.165, 1.54) is 19.2 Å². The van der Waals surface area contributed by atoms with Crippen LogP contribution in [0.2, 0.25) is 0 Å². The first-order valence-corrected chi connectivity index (χ1v) is 11.1. The maximum atomic E-state index is 14.3. The number of amidine groups is 1. The van der Waals surface area contributed by atoms with Gasteiger partial charge in [-0.05, 0) is 43.5 Å². The SMILES string of the molecule is COc1cccc(-c2cc(F)ccc2C2CC3N=C(N)NC(C)=C3C(=NCC[C@H](O)CO)N2)n1. The first-order chi connectivity index (χ1) is 16.4. The highest BCUT2D eigenvalue weighted by Crippen LogP contribution is 2.36. The zero-order chi connectivity index (χ0) is 24.2. The van der Waals surface area contributed by atoms with E-state index in [4.69, 9.17) is 15.6 Å². The molecule has 2 aliphatic rings. The van der Waals surface area contributed by atoms with E-state index < -0.39 is 6.10 Å². The smallest absolute Gasteiger partial charge is 0.213 e. The number of hydrogen-bond acceptors (Lipinski definition) is 8. The average Bonchev–Trinajstić information content (AvgIpc) is 2.83. The summed E-state index contributed by atoms with van der Waals surface area (Å²) in [4.78, 5) is 13.8. The molecule has 1 saturated heterocycles. The van der Waals surface area contributed by atoms with Crippen LogP contribution in [0, 0.1) is 5.82 Å². The van der Waals surface area contributed by atoms with E-state index >= 15 is 0 Å². The average molecular weight is 469 g/mol. The Balaban J connectivity index is 1.73. The number of hydrogen-bond donors (Lipinski definition) is 5. The number of aliphatic hydroxyl groups is 2. The third-order valence-electron chi connectivity index (χ3n) is 5.92. The molecule has 0 amide bonds. The van der Waals surface area contributed by atoms with Crippen LogP contribution in [-0.2, 0) is 0 Å². The summed E-state index contributed by atoms with van der Waals surface area (Å²) in [6.45, 7) is 1.90. The lowest BCUT2D eigenvalue weighted by atomic mass is 9.85. The van der Waals surface area contributed by atoms with Gasteiger partial charge in [0.2, 0.25) is 5.88 Å². The van der Waals surface area contributed by atoms with E-state index in [1.807, 2.05) is 19.1 Å². The molecule has 1 aromatic heterocycles. The van der Waals surface area contributed by atoms with Crippen LogP contribution in [0.1, 0.15) is 31.4 Å². The van der Waals surface area contributed by atoms with Crippen molar-refractivity contribution in [3.05, 3.63) is 59.0 Å². The van der Waals surface area contributed by atoms with Crippen LogP contribution in [-0.4, -0.2) is 59.4 Å². The third-order valence-corrected chi connectivity index (χ3v) is 5.92. The Labute approximate surface area is 197 Å². The van der Waals surface area contributed by atoms with E-state index in [9.17, 15) is 9.50 Å². The maximum Gasteiger partial charge on any atom is 0.213 e. The minimum atomic E-state index is -0.837. The number of pyridine rings is 1. The lowest BCUT2D eigenvalue weighted by molar-refractivity contribution is 0.0903. The Morgan fingerprint density at radius 3 is 2.91 bits per heavy atom. The van der Waals surface area contributed by atoms with Gasteiger partial charge in [0.25, 0.3) is 0 Å². The molecule has 4 rings (SSSR count). The fourth-order valence-electron chi connectivity index (χ4n) is 4.29. The summed E-state index contributed by atoms with van der Waals surface area (Å²) < 4.78 is 19.6. The molecular weight excluding hydrogens is 439 g/mol. The third kappa shape index (κ3) is 5.02. The molecular formula is C24H29FN6O3. The molecule has 1 aromatic carbocycles. The molecule has 10 heteroatoms. The standard InChI is InChI=1S/C24H29FN6O3/c1-13-22-20(31-24(26)28-13)11-19(30-23(22)27-9-8-15(33)12-32)16-7-6-14(25)10-17(16)18-4-3-5-21(29-18)34-2/h3-7,10,15,19-20,32-33H,8-9,11-12H2,1-2H3,(H,27,30)(H3,26,28,31)/t15-,19?,20?/m0/s1. The van der Waals surface area contributed by atoms with Crippen LogP contribution in [0.15, 0.2) is 57.7 Å². The topological polar surface area (TPSA) is 137 Å². The summed E-state index contributed by atoms with van der Waals surface area (Å²) in [5.74, 6) is 1.02. The number of nitrogens with one attached hydrogen (secondary N) is 2. The zero-order valence-electron chi connectivity index (χ0n) is 19.1. The first kappa shape index (κ1) is 23.7. The van der Waals surface area contributed by atoms with Gasteiger partial charge in [0, 0.05) is 29.4 Å². The van der Waals surface area contributed by atoms with Gasteiger partial charge in [0.1, 0.15) is 11.7 Å². The lowest BCUT2D eigenvalue weighted by Gasteiger charge is -2.37. The monoisotopic (exact) mass is 468 g/mol. The van der Waals surface area contributed by atoms with Crippen LogP contribution in [0.3, 0.4) is 0 Å². The lowest BCUT2D eigenvalue weighted by Crippen LogP contribution is -2.47. The van der Waals surface area contributed by atoms with E-state index in [-0.39, 0.29) is 24.5 Å². The second-order valence-electron chi connectivity index (χ2n) is 8.28. The number of nitrogens with zero attached hydrogens (tertiary/aromatic N) is 3. The van der Waals surface area contributed by atoms with Gasteiger partial charge in [-0.2, -0.15) is 0 Å². The minimum Gasteiger partial charge on any atom is -0.481 e. The fraction of sp³-hybridized carbons (Fsp3) is 0.375. The Bertz CT molecular complexity index is 1150. The molecule has 2 aliphatic heterocycles. The summed E-state index contributed by atoms with van der Waals surface area (Å²) in [6.07, 6.45) is 0.0591. The number of allylic oxidation sites excluding steroid dienone is 1. The summed E-state index contributed by atoms with van der Waals surface area (Å²) >= 11 is 0. The molecule has 0 spiro atoms. The quantitative estimate of drug-likeness (QED) is 0.416. The molecule has 0 saturated carbocycles. The molecule has 0 radical (unpaired) electrons. The Morgan fingerprint density at radius 2 is 2.15 bits per heavy atom. The summed E-state index contributed by atoms with van der Waals surface area (Å²) in [7, 11) is 1.54. The Hall–Kier alpha value is -3.50. The van der Waals surface area contributed by atoms with Crippen LogP contribution in [0.4, 0.5) is 4.39 Å². The van der Waals surface area contributed by atoms with Gasteiger partial charge < -0.3 is 31.3 Å². The molecule has 6 N–H and O–H groups in total. The van der Waals surface area contributed by atoms with Crippen molar-refractivity contribution in [2.75, 3.05) is 20.3 Å². The number of nitrogens with two attached hydrogens (primary N) is 1. The fourth-order valence-corrected chi connectivity index (χ4v) is 4.29. The molecule has 2 aromatic rings. The van der Waals surface area contributed by atoms with Crippen LogP contribution in [0.5, 0.6) is 5.88 Å². The summed E-state index contributed by atoms with van der Waals surface area (Å²) in [5, 5.41) is 25.4. The molecule has 3 atom stereocenters. The summed E-state index contributed by atoms with van der Waals surface area (Å²) in [6, 6.07) is 9.49. The number of aliphatic imine (C=N–C) groups is 2. The number of rotatable bonds is 7. The second-order valence-corrected chi connectivity index (χ2v) is 8.28. The highest BCUT2D eigenvalue weighted by molar-refractivity contribution is 6.03. The number of aromatic nitrogens is 1. The number of halogens is 1. The molecule has 9 nitrogen and oxygen atoms in total. The summed E-state index contributed by atoms with van der Waals surface area (Å²) in [5.41, 5.74) is 9.82. The normalized spacial score (nSPS) is 21.9. The van der Waals surface area contributed by atoms with Gasteiger partial charge in [0.05, 0.1) is 37.6 Å². The number of ether oxygens (including phenoxy) is 1. The van der Waals surface area contributed by atoms with Gasteiger partial charge >= 0.3 is 0 Å². The largest absolute Gasteiger partial charge is 0.481 e. The van der Waals surface area contributed by atoms with Gasteiger partial charge in [-0.1, -0.05) is 12.1 Å². The zero-order valence-corrected chi connectivity index (χ0v) is 19.1. The number of aliphatic hydroxyl groups excluding tert-OH is 2. The number of methoxy groups -OCH3 is 1. The van der Waals surface area contributed by atoms with E-state index in [1.54, 1.807) is 12.1 Å². The minimum absolute atomic E-state index is 0.245. The van der Waals surface area contributed by atoms with Crippen molar-refractivity contribution in [2.24, 2.45) is 15.7 Å². The van der Waals surface area contributed by atoms with Gasteiger partial charge in [0.15, 0.2) is 5.96 Å². The Kier molecular flexibility index (Phi) is 7.09. The Morgan fingerprint density at radius 1 is 1.32 bits per heavy atom. The first-order valence-electron chi connectivity index (χ1n) is 11.1. The number of guanidine groups is 1. The molecule has 2 unspecified atom stereocenters. The number of fused-ring (bicyclic) bond motifs is 1. The van der Waals surface area contributed by atoms with Crippen molar-refractivity contribution in [1.29, 1.82) is 0 Å². The van der Waals surface area contributed by atoms with Crippen molar-refractivity contribution in [1.82, 2.24) is 15.6 Å². The highest BCUT2D eigenvalue weighted by Gasteiger charge is 2.35. The predicted octanol–water partition coefficient (Wildman–Crippen LogP) is 1.63. The number of benzene rings is 1. The van der Waals surface area contributed by atoms with Crippen LogP contribution < -0.4 is 21.1 Å². The molecule has 34 heavy (non-hydrogen) atoms. The van der Waals surface area contributed by atoms with Crippen molar-refractivity contribution in [2.45, 2.75) is 38.0 Å². The van der Waals surface area contributed by atoms with E-state index in [0.717, 1.165) is 16.8 Å². The predicted molar refractivity (Wildman–Crippen MR) is 128 cm³/mol. The van der Waals surface area contributed by atoms with Crippen LogP contribution in [0.25, 0.3) is 11.3 Å². The van der Waals surface area contributed by atoms with E-state index in [0.29, 0.717) is 48.3 Å². The van der Waals surface area contributed by atoms with Gasteiger partial charge in [-0.25, -0.2) is 14.4 Å².